The second-order valence-electron chi connectivity index (χ2n) is 6.81. The van der Waals surface area contributed by atoms with Gasteiger partial charge in [-0.05, 0) is 37.6 Å². The van der Waals surface area contributed by atoms with E-state index in [2.05, 4.69) is 31.4 Å². The third-order valence-corrected chi connectivity index (χ3v) is 4.67. The molecule has 0 bridgehead atoms. The molecule has 3 nitrogen and oxygen atoms in total. The van der Waals surface area contributed by atoms with E-state index in [0.29, 0.717) is 5.92 Å². The van der Waals surface area contributed by atoms with Gasteiger partial charge >= 0.3 is 0 Å². The van der Waals surface area contributed by atoms with Gasteiger partial charge in [-0.1, -0.05) is 46.5 Å². The van der Waals surface area contributed by atoms with Gasteiger partial charge in [0.25, 0.3) is 0 Å². The molecule has 0 heterocycles. The van der Waals surface area contributed by atoms with Crippen molar-refractivity contribution in [3.8, 4) is 0 Å². The van der Waals surface area contributed by atoms with Crippen LogP contribution < -0.4 is 10.6 Å². The Morgan fingerprint density at radius 1 is 1.26 bits per heavy atom. The average molecular weight is 268 g/mol. The highest BCUT2D eigenvalue weighted by atomic mass is 16.2. The lowest BCUT2D eigenvalue weighted by molar-refractivity contribution is -0.124. The van der Waals surface area contributed by atoms with Crippen LogP contribution in [0, 0.1) is 11.3 Å². The van der Waals surface area contributed by atoms with Gasteiger partial charge in [-0.25, -0.2) is 0 Å². The molecule has 0 aromatic rings. The number of likely N-dealkylation sites (N-methyl/N-ethyl adjacent to an activating group) is 1. The minimum Gasteiger partial charge on any atom is -0.354 e. The predicted molar refractivity (Wildman–Crippen MR) is 81.1 cm³/mol. The quantitative estimate of drug-likeness (QED) is 0.745. The topological polar surface area (TPSA) is 41.1 Å². The monoisotopic (exact) mass is 268 g/mol. The summed E-state index contributed by atoms with van der Waals surface area (Å²) in [6, 6.07) is -0.0569. The molecule has 0 aromatic carbocycles. The van der Waals surface area contributed by atoms with Crippen molar-refractivity contribution in [3.05, 3.63) is 0 Å². The number of rotatable bonds is 7. The largest absolute Gasteiger partial charge is 0.354 e. The van der Waals surface area contributed by atoms with Crippen molar-refractivity contribution in [2.24, 2.45) is 11.3 Å². The molecule has 0 radical (unpaired) electrons. The van der Waals surface area contributed by atoms with Crippen molar-refractivity contribution in [1.29, 1.82) is 0 Å². The highest BCUT2D eigenvalue weighted by Crippen LogP contribution is 2.26. The number of hydrogen-bond donors (Lipinski definition) is 2. The first kappa shape index (κ1) is 16.5. The van der Waals surface area contributed by atoms with Crippen LogP contribution >= 0.6 is 0 Å². The summed E-state index contributed by atoms with van der Waals surface area (Å²) in [4.78, 5) is 12.2. The van der Waals surface area contributed by atoms with Crippen LogP contribution in [0.3, 0.4) is 0 Å². The first-order valence-electron chi connectivity index (χ1n) is 7.93. The Bertz CT molecular complexity index is 270. The molecular formula is C16H32N2O. The average Bonchev–Trinajstić information content (AvgIpc) is 2.43. The normalized spacial score (nSPS) is 19.2. The van der Waals surface area contributed by atoms with Crippen LogP contribution in [0.2, 0.25) is 0 Å². The van der Waals surface area contributed by atoms with Gasteiger partial charge in [0.2, 0.25) is 5.91 Å². The first-order valence-corrected chi connectivity index (χ1v) is 7.93. The zero-order valence-corrected chi connectivity index (χ0v) is 13.2. The maximum atomic E-state index is 12.2. The van der Waals surface area contributed by atoms with Crippen molar-refractivity contribution < 1.29 is 4.79 Å². The van der Waals surface area contributed by atoms with Gasteiger partial charge < -0.3 is 10.6 Å². The lowest BCUT2D eigenvalue weighted by Gasteiger charge is -2.29. The highest BCUT2D eigenvalue weighted by Gasteiger charge is 2.26. The summed E-state index contributed by atoms with van der Waals surface area (Å²) in [5, 5.41) is 6.32. The maximum absolute atomic E-state index is 12.2. The van der Waals surface area contributed by atoms with Crippen LogP contribution in [0.15, 0.2) is 0 Å². The van der Waals surface area contributed by atoms with E-state index in [1.54, 1.807) is 0 Å². The van der Waals surface area contributed by atoms with Gasteiger partial charge in [0.15, 0.2) is 0 Å². The number of carbonyl (C=O) groups is 1. The Morgan fingerprint density at radius 2 is 1.89 bits per heavy atom. The van der Waals surface area contributed by atoms with Gasteiger partial charge in [0.1, 0.15) is 0 Å². The van der Waals surface area contributed by atoms with Crippen molar-refractivity contribution in [2.45, 2.75) is 71.8 Å². The number of carbonyl (C=O) groups excluding carboxylic acids is 1. The van der Waals surface area contributed by atoms with Crippen molar-refractivity contribution in [2.75, 3.05) is 13.6 Å². The SMILES string of the molecule is CCC(C)(C)CC(NC)C(=O)NCC1CCCCC1. The lowest BCUT2D eigenvalue weighted by atomic mass is 9.83. The van der Waals surface area contributed by atoms with Crippen LogP contribution in [0.4, 0.5) is 0 Å². The Morgan fingerprint density at radius 3 is 2.42 bits per heavy atom. The van der Waals surface area contributed by atoms with E-state index in [4.69, 9.17) is 0 Å². The van der Waals surface area contributed by atoms with Gasteiger partial charge in [-0.2, -0.15) is 0 Å². The Labute approximate surface area is 118 Å². The van der Waals surface area contributed by atoms with Crippen LogP contribution in [-0.4, -0.2) is 25.5 Å². The predicted octanol–water partition coefficient (Wildman–Crippen LogP) is 3.10. The lowest BCUT2D eigenvalue weighted by Crippen LogP contribution is -2.46. The van der Waals surface area contributed by atoms with E-state index in [9.17, 15) is 4.79 Å². The number of amides is 1. The Hall–Kier alpha value is -0.570. The van der Waals surface area contributed by atoms with Gasteiger partial charge in [-0.3, -0.25) is 4.79 Å². The van der Waals surface area contributed by atoms with Crippen LogP contribution in [0.5, 0.6) is 0 Å². The molecule has 3 heteroatoms. The third-order valence-electron chi connectivity index (χ3n) is 4.67. The smallest absolute Gasteiger partial charge is 0.237 e. The van der Waals surface area contributed by atoms with Crippen molar-refractivity contribution >= 4 is 5.91 Å². The summed E-state index contributed by atoms with van der Waals surface area (Å²) in [7, 11) is 1.89. The molecule has 19 heavy (non-hydrogen) atoms. The zero-order valence-electron chi connectivity index (χ0n) is 13.2. The molecule has 1 rings (SSSR count). The standard InChI is InChI=1S/C16H32N2O/c1-5-16(2,3)11-14(17-4)15(19)18-12-13-9-7-6-8-10-13/h13-14,17H,5-12H2,1-4H3,(H,18,19). The van der Waals surface area contributed by atoms with Crippen LogP contribution in [0.25, 0.3) is 0 Å². The molecule has 0 aromatic heterocycles. The molecule has 1 amide bonds. The summed E-state index contributed by atoms with van der Waals surface area (Å²) in [5.74, 6) is 0.879. The molecule has 0 saturated heterocycles. The van der Waals surface area contributed by atoms with E-state index in [-0.39, 0.29) is 17.4 Å². The van der Waals surface area contributed by atoms with Crippen molar-refractivity contribution in [3.63, 3.8) is 0 Å². The van der Waals surface area contributed by atoms with Crippen LogP contribution in [-0.2, 0) is 4.79 Å². The summed E-state index contributed by atoms with van der Waals surface area (Å²) in [6.45, 7) is 7.51. The molecule has 1 fully saturated rings. The Balaban J connectivity index is 2.36. The molecule has 112 valence electrons. The van der Waals surface area contributed by atoms with E-state index >= 15 is 0 Å². The molecule has 0 spiro atoms. The summed E-state index contributed by atoms with van der Waals surface area (Å²) in [6.07, 6.45) is 8.60. The van der Waals surface area contributed by atoms with Gasteiger partial charge in [-0.15, -0.1) is 0 Å². The van der Waals surface area contributed by atoms with Gasteiger partial charge in [0, 0.05) is 6.54 Å². The fourth-order valence-corrected chi connectivity index (χ4v) is 2.78. The second-order valence-corrected chi connectivity index (χ2v) is 6.81. The van der Waals surface area contributed by atoms with Crippen molar-refractivity contribution in [1.82, 2.24) is 10.6 Å². The fraction of sp³-hybridized carbons (Fsp3) is 0.938. The van der Waals surface area contributed by atoms with Gasteiger partial charge in [0.05, 0.1) is 6.04 Å². The van der Waals surface area contributed by atoms with E-state index in [0.717, 1.165) is 19.4 Å². The second kappa shape index (κ2) is 7.88. The molecule has 2 N–H and O–H groups in total. The molecule has 1 saturated carbocycles. The van der Waals surface area contributed by atoms with E-state index in [1.807, 2.05) is 7.05 Å². The minimum atomic E-state index is -0.0569. The highest BCUT2D eigenvalue weighted by molar-refractivity contribution is 5.81. The van der Waals surface area contributed by atoms with Crippen LogP contribution in [0.1, 0.15) is 65.7 Å². The molecule has 1 aliphatic rings. The third kappa shape index (κ3) is 5.94. The molecule has 0 aliphatic heterocycles. The summed E-state index contributed by atoms with van der Waals surface area (Å²) < 4.78 is 0. The maximum Gasteiger partial charge on any atom is 0.237 e. The Kier molecular flexibility index (Phi) is 6.84. The fourth-order valence-electron chi connectivity index (χ4n) is 2.78. The zero-order chi connectivity index (χ0) is 14.3. The molecular weight excluding hydrogens is 236 g/mol. The summed E-state index contributed by atoms with van der Waals surface area (Å²) in [5.41, 5.74) is 0.218. The first-order chi connectivity index (χ1) is 8.98. The molecule has 1 unspecified atom stereocenters. The minimum absolute atomic E-state index is 0.0569. The summed E-state index contributed by atoms with van der Waals surface area (Å²) >= 11 is 0. The van der Waals surface area contributed by atoms with E-state index in [1.165, 1.54) is 32.1 Å². The number of nitrogens with one attached hydrogen (secondary N) is 2. The molecule has 1 atom stereocenters. The number of hydrogen-bond acceptors (Lipinski definition) is 2. The molecule has 1 aliphatic carbocycles. The van der Waals surface area contributed by atoms with E-state index < -0.39 is 0 Å².